The highest BCUT2D eigenvalue weighted by Crippen LogP contribution is 2.42. The Hall–Kier alpha value is -1.97. The molecule has 0 saturated carbocycles. The Morgan fingerprint density at radius 1 is 1.37 bits per heavy atom. The summed E-state index contributed by atoms with van der Waals surface area (Å²) < 4.78 is 35.8. The van der Waals surface area contributed by atoms with E-state index in [1.54, 1.807) is 25.1 Å². The fourth-order valence-electron chi connectivity index (χ4n) is 3.02. The molecule has 6 nitrogen and oxygen atoms in total. The predicted molar refractivity (Wildman–Crippen MR) is 104 cm³/mol. The van der Waals surface area contributed by atoms with Crippen LogP contribution in [0, 0.1) is 5.92 Å². The molecule has 0 bridgehead atoms. The molecule has 2 unspecified atom stereocenters. The van der Waals surface area contributed by atoms with E-state index in [2.05, 4.69) is 10.3 Å². The molecule has 1 aliphatic carbocycles. The van der Waals surface area contributed by atoms with Crippen LogP contribution in [0.2, 0.25) is 0 Å². The molecule has 1 amide bonds. The minimum absolute atomic E-state index is 0.0200. The first-order valence-corrected chi connectivity index (χ1v) is 10.7. The minimum Gasteiger partial charge on any atom is -0.304 e. The third-order valence-corrected chi connectivity index (χ3v) is 6.89. The number of amidine groups is 1. The normalized spacial score (nSPS) is 28.1. The Morgan fingerprint density at radius 2 is 2.04 bits per heavy atom. The number of sulfonamides is 1. The number of primary sulfonamides is 1. The zero-order valence-corrected chi connectivity index (χ0v) is 16.5. The van der Waals surface area contributed by atoms with Crippen molar-refractivity contribution in [3.8, 4) is 0 Å². The van der Waals surface area contributed by atoms with E-state index >= 15 is 0 Å². The van der Waals surface area contributed by atoms with Crippen LogP contribution in [0.5, 0.6) is 0 Å². The number of benzene rings is 1. The van der Waals surface area contributed by atoms with Crippen molar-refractivity contribution in [2.75, 3.05) is 0 Å². The van der Waals surface area contributed by atoms with Crippen molar-refractivity contribution in [1.82, 2.24) is 5.32 Å². The molecule has 1 aliphatic heterocycles. The number of nitrogens with zero attached hydrogens (tertiary/aromatic N) is 1. The number of nitrogens with one attached hydrogen (secondary N) is 1. The van der Waals surface area contributed by atoms with Gasteiger partial charge in [0.25, 0.3) is 0 Å². The molecule has 3 N–H and O–H groups in total. The number of hydrogen-bond donors (Lipinski definition) is 2. The lowest BCUT2D eigenvalue weighted by Gasteiger charge is -2.21. The fourth-order valence-corrected chi connectivity index (χ4v) is 4.68. The number of halogens is 1. The molecule has 1 heterocycles. The van der Waals surface area contributed by atoms with Gasteiger partial charge < -0.3 is 5.32 Å². The van der Waals surface area contributed by atoms with Crippen LogP contribution in [0.1, 0.15) is 25.8 Å². The average molecular weight is 410 g/mol. The number of nitrogens with two attached hydrogens (primary N) is 1. The monoisotopic (exact) mass is 409 g/mol. The topological polar surface area (TPSA) is 102 Å². The van der Waals surface area contributed by atoms with E-state index < -0.39 is 14.8 Å². The molecule has 9 heteroatoms. The quantitative estimate of drug-likeness (QED) is 0.798. The van der Waals surface area contributed by atoms with Crippen LogP contribution >= 0.6 is 11.8 Å². The predicted octanol–water partition coefficient (Wildman–Crippen LogP) is 2.59. The van der Waals surface area contributed by atoms with Crippen LogP contribution < -0.4 is 10.5 Å². The molecular formula is C18H20FN3O3S2. The minimum atomic E-state index is -3.80. The molecule has 144 valence electrons. The van der Waals surface area contributed by atoms with Gasteiger partial charge >= 0.3 is 0 Å². The molecule has 3 atom stereocenters. The van der Waals surface area contributed by atoms with Crippen LogP contribution in [-0.2, 0) is 19.6 Å². The summed E-state index contributed by atoms with van der Waals surface area (Å²) in [7, 11) is -3.80. The van der Waals surface area contributed by atoms with Crippen molar-refractivity contribution in [2.24, 2.45) is 16.0 Å². The van der Waals surface area contributed by atoms with E-state index in [-0.39, 0.29) is 28.6 Å². The zero-order valence-electron chi connectivity index (χ0n) is 14.8. The summed E-state index contributed by atoms with van der Waals surface area (Å²) >= 11 is 1.23. The number of carbonyl (C=O) groups excluding carboxylic acids is 1. The third kappa shape index (κ3) is 3.99. The Balaban J connectivity index is 1.81. The number of rotatable bonds is 4. The van der Waals surface area contributed by atoms with Gasteiger partial charge in [0, 0.05) is 5.92 Å². The van der Waals surface area contributed by atoms with Crippen LogP contribution in [0.3, 0.4) is 0 Å². The van der Waals surface area contributed by atoms with Gasteiger partial charge in [-0.25, -0.2) is 17.9 Å². The summed E-state index contributed by atoms with van der Waals surface area (Å²) in [6, 6.07) is 5.53. The highest BCUT2D eigenvalue weighted by atomic mass is 32.2. The Morgan fingerprint density at radius 3 is 2.63 bits per heavy atom. The molecule has 1 aromatic rings. The number of thioether (sulfide) groups is 1. The summed E-state index contributed by atoms with van der Waals surface area (Å²) in [4.78, 5) is 17.0. The number of allylic oxidation sites excluding steroid dienone is 3. The maximum atomic E-state index is 14.0. The highest BCUT2D eigenvalue weighted by molar-refractivity contribution is 8.15. The summed E-state index contributed by atoms with van der Waals surface area (Å²) in [5, 5.41) is 8.28. The molecule has 0 aromatic heterocycles. The standard InChI is InChI=1S/C18H20FN3O3S2/c1-11(14-5-3-4-6-15(14)19)21-17-22-16(23)18(2,26-17)12-7-9-13(10-8-12)27(20,24)25/h3-4,6-11,14H,5H2,1-2H3,(H2,20,24,25)(H,21,22,23)/t11-,14?,18?/m0/s1. The summed E-state index contributed by atoms with van der Waals surface area (Å²) in [5.41, 5.74) is 0.627. The Bertz CT molecular complexity index is 955. The number of amides is 1. The van der Waals surface area contributed by atoms with Crippen molar-refractivity contribution < 1.29 is 17.6 Å². The second kappa shape index (κ2) is 7.21. The van der Waals surface area contributed by atoms with Gasteiger partial charge in [-0.2, -0.15) is 0 Å². The lowest BCUT2D eigenvalue weighted by molar-refractivity contribution is -0.121. The number of hydrogen-bond acceptors (Lipinski definition) is 5. The number of carbonyl (C=O) groups is 1. The van der Waals surface area contributed by atoms with Crippen molar-refractivity contribution in [3.63, 3.8) is 0 Å². The van der Waals surface area contributed by atoms with E-state index in [9.17, 15) is 17.6 Å². The molecule has 3 rings (SSSR count). The molecular weight excluding hydrogens is 389 g/mol. The zero-order chi connectivity index (χ0) is 19.8. The van der Waals surface area contributed by atoms with Crippen LogP contribution in [-0.4, -0.2) is 25.5 Å². The van der Waals surface area contributed by atoms with Gasteiger partial charge in [-0.15, -0.1) is 0 Å². The molecule has 1 aromatic carbocycles. The first kappa shape index (κ1) is 19.8. The molecule has 1 fully saturated rings. The van der Waals surface area contributed by atoms with Crippen LogP contribution in [0.4, 0.5) is 4.39 Å². The van der Waals surface area contributed by atoms with Crippen molar-refractivity contribution in [2.45, 2.75) is 36.0 Å². The first-order chi connectivity index (χ1) is 12.6. The summed E-state index contributed by atoms with van der Waals surface area (Å²) in [6.07, 6.45) is 5.57. The maximum Gasteiger partial charge on any atom is 0.246 e. The van der Waals surface area contributed by atoms with Gasteiger partial charge in [0.15, 0.2) is 5.17 Å². The van der Waals surface area contributed by atoms with Gasteiger partial charge in [0.2, 0.25) is 15.9 Å². The van der Waals surface area contributed by atoms with Gasteiger partial charge in [-0.3, -0.25) is 9.79 Å². The third-order valence-electron chi connectivity index (χ3n) is 4.73. The largest absolute Gasteiger partial charge is 0.304 e. The average Bonchev–Trinajstić information content (AvgIpc) is 2.89. The van der Waals surface area contributed by atoms with E-state index in [4.69, 9.17) is 5.14 Å². The molecule has 1 saturated heterocycles. The molecule has 0 radical (unpaired) electrons. The second-order valence-corrected chi connectivity index (χ2v) is 9.62. The smallest absolute Gasteiger partial charge is 0.246 e. The first-order valence-electron chi connectivity index (χ1n) is 8.35. The fraction of sp³-hybridized carbons (Fsp3) is 0.333. The Kier molecular flexibility index (Phi) is 5.29. The van der Waals surface area contributed by atoms with E-state index in [0.717, 1.165) is 0 Å². The second-order valence-electron chi connectivity index (χ2n) is 6.66. The molecule has 0 spiro atoms. The van der Waals surface area contributed by atoms with Crippen molar-refractivity contribution in [3.05, 3.63) is 53.9 Å². The van der Waals surface area contributed by atoms with Crippen LogP contribution in [0.25, 0.3) is 0 Å². The summed E-state index contributed by atoms with van der Waals surface area (Å²) in [5.74, 6) is -0.827. The lowest BCUT2D eigenvalue weighted by atomic mass is 9.93. The van der Waals surface area contributed by atoms with E-state index in [1.807, 2.05) is 13.0 Å². The van der Waals surface area contributed by atoms with Crippen molar-refractivity contribution >= 4 is 32.9 Å². The maximum absolute atomic E-state index is 14.0. The van der Waals surface area contributed by atoms with E-state index in [0.29, 0.717) is 17.2 Å². The molecule has 2 aliphatic rings. The SMILES string of the molecule is C[C@H](N=C1NC(=O)C(C)(c2ccc(S(N)(=O)=O)cc2)S1)C1CC=CC=C1F. The van der Waals surface area contributed by atoms with Gasteiger partial charge in [-0.05, 0) is 44.0 Å². The summed E-state index contributed by atoms with van der Waals surface area (Å²) in [6.45, 7) is 3.55. The van der Waals surface area contributed by atoms with Gasteiger partial charge in [0.05, 0.1) is 10.9 Å². The lowest BCUT2D eigenvalue weighted by Crippen LogP contribution is -2.32. The highest BCUT2D eigenvalue weighted by Gasteiger charge is 2.44. The van der Waals surface area contributed by atoms with E-state index in [1.165, 1.54) is 30.0 Å². The van der Waals surface area contributed by atoms with Gasteiger partial charge in [-0.1, -0.05) is 36.0 Å². The van der Waals surface area contributed by atoms with Crippen LogP contribution in [0.15, 0.2) is 58.2 Å². The number of aliphatic imine (C=N–C) groups is 1. The van der Waals surface area contributed by atoms with Gasteiger partial charge in [0.1, 0.15) is 10.6 Å². The molecule has 27 heavy (non-hydrogen) atoms. The Labute approximate surface area is 161 Å². The van der Waals surface area contributed by atoms with Crippen molar-refractivity contribution in [1.29, 1.82) is 0 Å².